The molecular weight excluding hydrogens is 420 g/mol. The molecule has 4 fully saturated rings. The summed E-state index contributed by atoms with van der Waals surface area (Å²) in [6.45, 7) is 5.84. The van der Waals surface area contributed by atoms with Gasteiger partial charge in [0.2, 0.25) is 0 Å². The van der Waals surface area contributed by atoms with Gasteiger partial charge in [-0.3, -0.25) is 4.98 Å². The Morgan fingerprint density at radius 1 is 1.24 bits per heavy atom. The van der Waals surface area contributed by atoms with Crippen LogP contribution in [0, 0.1) is 11.3 Å². The molecule has 4 saturated heterocycles. The van der Waals surface area contributed by atoms with E-state index in [0.717, 1.165) is 31.0 Å². The third kappa shape index (κ3) is 3.88. The van der Waals surface area contributed by atoms with Crippen molar-refractivity contribution >= 4 is 11.3 Å². The normalized spacial score (nSPS) is 26.6. The number of ether oxygens (including phenoxy) is 2. The maximum absolute atomic E-state index is 9.60. The molecule has 170 valence electrons. The molecule has 0 aromatic carbocycles. The van der Waals surface area contributed by atoms with Crippen molar-refractivity contribution in [2.45, 2.75) is 37.6 Å². The summed E-state index contributed by atoms with van der Waals surface area (Å²) in [4.78, 5) is 11.7. The van der Waals surface area contributed by atoms with Crippen molar-refractivity contribution in [1.82, 2.24) is 30.2 Å². The van der Waals surface area contributed by atoms with Gasteiger partial charge < -0.3 is 25.0 Å². The Balaban J connectivity index is 1.27. The van der Waals surface area contributed by atoms with Crippen LogP contribution >= 0.6 is 0 Å². The molecule has 3 aromatic rings. The van der Waals surface area contributed by atoms with Crippen LogP contribution in [0.15, 0.2) is 30.9 Å². The first-order valence-electron chi connectivity index (χ1n) is 11.4. The fourth-order valence-electron chi connectivity index (χ4n) is 4.80. The molecular formula is C23H26N8O2. The number of pyridine rings is 1. The Hall–Kier alpha value is -3.26. The number of rotatable bonds is 5. The molecule has 0 amide bonds. The standard InChI is InChI=1S/C23H26N8O2/c1-14-12-32-19(6-25-14)13-33-18-3-20(23-15(4-24)5-28-31(23)11-18)21-7-27-22(8-26-21)30-9-16-2-17(10-30)29-16/h3,5,7-8,11,14,16-17,19,25,29H,2,6,9-10,12-13H2,1H3/t14?,16?,17?,19-/m1/s1. The van der Waals surface area contributed by atoms with Crippen LogP contribution in [0.5, 0.6) is 5.75 Å². The Bertz CT molecular complexity index is 1180. The SMILES string of the molecule is CC1CO[C@@H](COc2cc(-c3cnc(N4CC5CC(C4)N5)cn3)c3c(C#N)cnn3c2)CN1. The summed E-state index contributed by atoms with van der Waals surface area (Å²) >= 11 is 0. The van der Waals surface area contributed by atoms with Crippen molar-refractivity contribution in [3.8, 4) is 23.1 Å². The molecule has 4 aliphatic heterocycles. The Morgan fingerprint density at radius 3 is 2.79 bits per heavy atom. The van der Waals surface area contributed by atoms with Gasteiger partial charge in [-0.1, -0.05) is 0 Å². The summed E-state index contributed by atoms with van der Waals surface area (Å²) in [6, 6.07) is 5.58. The summed E-state index contributed by atoms with van der Waals surface area (Å²) in [5.74, 6) is 1.52. The van der Waals surface area contributed by atoms with Crippen molar-refractivity contribution in [3.05, 3.63) is 36.4 Å². The van der Waals surface area contributed by atoms with Gasteiger partial charge >= 0.3 is 0 Å². The molecule has 2 N–H and O–H groups in total. The van der Waals surface area contributed by atoms with Crippen molar-refractivity contribution in [2.24, 2.45) is 0 Å². The number of morpholine rings is 1. The number of piperidine rings is 1. The highest BCUT2D eigenvalue weighted by Gasteiger charge is 2.36. The van der Waals surface area contributed by atoms with E-state index in [1.165, 1.54) is 6.42 Å². The van der Waals surface area contributed by atoms with E-state index >= 15 is 0 Å². The van der Waals surface area contributed by atoms with Crippen LogP contribution in [0.1, 0.15) is 18.9 Å². The minimum atomic E-state index is -0.0167. The van der Waals surface area contributed by atoms with Crippen LogP contribution in [-0.2, 0) is 4.74 Å². The second-order valence-corrected chi connectivity index (χ2v) is 9.09. The van der Waals surface area contributed by atoms with Gasteiger partial charge in [0.25, 0.3) is 0 Å². The van der Waals surface area contributed by atoms with Gasteiger partial charge in [0.1, 0.15) is 30.3 Å². The first-order chi connectivity index (χ1) is 16.2. The van der Waals surface area contributed by atoms with Crippen molar-refractivity contribution < 1.29 is 9.47 Å². The lowest BCUT2D eigenvalue weighted by molar-refractivity contribution is -0.0166. The van der Waals surface area contributed by atoms with Crippen LogP contribution in [0.4, 0.5) is 5.82 Å². The Morgan fingerprint density at radius 2 is 2.09 bits per heavy atom. The van der Waals surface area contributed by atoms with E-state index < -0.39 is 0 Å². The number of nitrogens with zero attached hydrogens (tertiary/aromatic N) is 6. The van der Waals surface area contributed by atoms with Gasteiger partial charge in [-0.25, -0.2) is 9.50 Å². The minimum absolute atomic E-state index is 0.0167. The molecule has 3 aromatic heterocycles. The molecule has 0 radical (unpaired) electrons. The predicted octanol–water partition coefficient (Wildman–Crippen LogP) is 0.969. The Labute approximate surface area is 191 Å². The van der Waals surface area contributed by atoms with Gasteiger partial charge in [0.15, 0.2) is 0 Å². The van der Waals surface area contributed by atoms with Gasteiger partial charge in [0.05, 0.1) is 48.2 Å². The van der Waals surface area contributed by atoms with Gasteiger partial charge in [-0.2, -0.15) is 10.4 Å². The number of aromatic nitrogens is 4. The number of hydrogen-bond donors (Lipinski definition) is 2. The lowest BCUT2D eigenvalue weighted by atomic mass is 9.91. The van der Waals surface area contributed by atoms with Gasteiger partial charge in [-0.15, -0.1) is 0 Å². The second-order valence-electron chi connectivity index (χ2n) is 9.09. The quantitative estimate of drug-likeness (QED) is 0.592. The van der Waals surface area contributed by atoms with E-state index in [-0.39, 0.29) is 6.10 Å². The van der Waals surface area contributed by atoms with E-state index in [2.05, 4.69) is 33.6 Å². The molecule has 33 heavy (non-hydrogen) atoms. The fourth-order valence-corrected chi connectivity index (χ4v) is 4.80. The van der Waals surface area contributed by atoms with E-state index in [4.69, 9.17) is 19.4 Å². The zero-order valence-electron chi connectivity index (χ0n) is 18.4. The Kier molecular flexibility index (Phi) is 5.10. The lowest BCUT2D eigenvalue weighted by Crippen LogP contribution is -2.67. The molecule has 10 heteroatoms. The number of nitrogens with one attached hydrogen (secondary N) is 2. The highest BCUT2D eigenvalue weighted by Crippen LogP contribution is 2.31. The maximum Gasteiger partial charge on any atom is 0.147 e. The molecule has 7 heterocycles. The van der Waals surface area contributed by atoms with E-state index in [9.17, 15) is 5.26 Å². The van der Waals surface area contributed by atoms with Gasteiger partial charge in [0, 0.05) is 43.3 Å². The van der Waals surface area contributed by atoms with Crippen LogP contribution < -0.4 is 20.3 Å². The zero-order valence-corrected chi connectivity index (χ0v) is 18.4. The number of anilines is 1. The molecule has 0 spiro atoms. The average Bonchev–Trinajstić information content (AvgIpc) is 3.26. The summed E-state index contributed by atoms with van der Waals surface area (Å²) in [5.41, 5.74) is 2.62. The predicted molar refractivity (Wildman–Crippen MR) is 121 cm³/mol. The maximum atomic E-state index is 9.60. The van der Waals surface area contributed by atoms with Crippen molar-refractivity contribution in [1.29, 1.82) is 5.26 Å². The molecule has 0 aliphatic carbocycles. The number of hydrogen-bond acceptors (Lipinski definition) is 9. The van der Waals surface area contributed by atoms with Crippen LogP contribution in [0.2, 0.25) is 0 Å². The second kappa shape index (κ2) is 8.26. The first kappa shape index (κ1) is 20.4. The monoisotopic (exact) mass is 446 g/mol. The molecule has 0 saturated carbocycles. The van der Waals surface area contributed by atoms with Crippen molar-refractivity contribution in [3.63, 3.8) is 0 Å². The molecule has 4 aliphatic rings. The average molecular weight is 447 g/mol. The lowest BCUT2D eigenvalue weighted by Gasteiger charge is -2.48. The third-order valence-electron chi connectivity index (χ3n) is 6.58. The van der Waals surface area contributed by atoms with Crippen molar-refractivity contribution in [2.75, 3.05) is 37.7 Å². The van der Waals surface area contributed by atoms with Crippen LogP contribution in [0.25, 0.3) is 16.8 Å². The topological polar surface area (TPSA) is 113 Å². The molecule has 10 nitrogen and oxygen atoms in total. The minimum Gasteiger partial charge on any atom is -0.489 e. The van der Waals surface area contributed by atoms with Crippen LogP contribution in [-0.4, -0.2) is 76.7 Å². The third-order valence-corrected chi connectivity index (χ3v) is 6.58. The largest absolute Gasteiger partial charge is 0.489 e. The van der Waals surface area contributed by atoms with E-state index in [1.54, 1.807) is 23.1 Å². The van der Waals surface area contributed by atoms with Gasteiger partial charge in [-0.05, 0) is 19.4 Å². The van der Waals surface area contributed by atoms with E-state index in [0.29, 0.717) is 53.9 Å². The smallest absolute Gasteiger partial charge is 0.147 e. The first-order valence-corrected chi connectivity index (χ1v) is 11.4. The van der Waals surface area contributed by atoms with E-state index in [1.807, 2.05) is 12.3 Å². The highest BCUT2D eigenvalue weighted by atomic mass is 16.5. The molecule has 4 atom stereocenters. The molecule has 7 rings (SSSR count). The summed E-state index contributed by atoms with van der Waals surface area (Å²) < 4.78 is 13.6. The summed E-state index contributed by atoms with van der Waals surface area (Å²) in [5, 5.41) is 20.9. The highest BCUT2D eigenvalue weighted by molar-refractivity contribution is 5.83. The summed E-state index contributed by atoms with van der Waals surface area (Å²) in [7, 11) is 0. The number of fused-ring (bicyclic) bond motifs is 3. The summed E-state index contributed by atoms with van der Waals surface area (Å²) in [6.07, 6.45) is 8.16. The molecule has 3 unspecified atom stereocenters. The fraction of sp³-hybridized carbons (Fsp3) is 0.478. The number of piperazine rings is 1. The zero-order chi connectivity index (χ0) is 22.4. The molecule has 2 bridgehead atoms. The van der Waals surface area contributed by atoms with Crippen LogP contribution in [0.3, 0.4) is 0 Å². The number of nitriles is 1.